The number of thiazole rings is 1. The molecule has 1 aliphatic rings. The summed E-state index contributed by atoms with van der Waals surface area (Å²) in [5.41, 5.74) is 5.56. The number of hydrogen-bond acceptors (Lipinski definition) is 14. The zero-order valence-corrected chi connectivity index (χ0v) is 37.1. The van der Waals surface area contributed by atoms with E-state index in [1.807, 2.05) is 61.5 Å². The Labute approximate surface area is 385 Å². The minimum Gasteiger partial charge on any atom is -0.494 e. The average molecular weight is 906 g/mol. The molecule has 1 saturated heterocycles. The van der Waals surface area contributed by atoms with Crippen molar-refractivity contribution in [1.82, 2.24) is 4.98 Å². The lowest BCUT2D eigenvalue weighted by molar-refractivity contribution is -0.137. The first-order valence-electron chi connectivity index (χ1n) is 21.5. The van der Waals surface area contributed by atoms with Crippen LogP contribution in [0.1, 0.15) is 64.4 Å². The van der Waals surface area contributed by atoms with E-state index < -0.39 is 17.9 Å². The van der Waals surface area contributed by atoms with Crippen LogP contribution in [0.25, 0.3) is 21.0 Å². The molecular weight excluding hydrogens is 859 g/mol. The number of fused-ring (bicyclic) bond motifs is 2. The lowest BCUT2D eigenvalue weighted by Gasteiger charge is -2.15. The van der Waals surface area contributed by atoms with Gasteiger partial charge in [0.25, 0.3) is 0 Å². The minimum atomic E-state index is -0.607. The van der Waals surface area contributed by atoms with Crippen molar-refractivity contribution in [2.45, 2.75) is 44.8 Å². The molecular formula is C52H47N3O10S. The van der Waals surface area contributed by atoms with Gasteiger partial charge in [0, 0.05) is 22.4 Å². The smallest absolute Gasteiger partial charge is 0.343 e. The third-order valence-electron chi connectivity index (χ3n) is 10.4. The highest BCUT2D eigenvalue weighted by Gasteiger charge is 2.40. The van der Waals surface area contributed by atoms with Crippen LogP contribution in [0.3, 0.4) is 0 Å². The summed E-state index contributed by atoms with van der Waals surface area (Å²) in [7, 11) is 0. The predicted octanol–water partition coefficient (Wildman–Crippen LogP) is 10.7. The van der Waals surface area contributed by atoms with Crippen molar-refractivity contribution < 1.29 is 47.5 Å². The molecule has 1 atom stereocenters. The summed E-state index contributed by atoms with van der Waals surface area (Å²) in [6, 6.07) is 37.7. The van der Waals surface area contributed by atoms with Gasteiger partial charge in [0.1, 0.15) is 47.6 Å². The molecule has 1 unspecified atom stereocenters. The molecule has 1 N–H and O–H groups in total. The van der Waals surface area contributed by atoms with E-state index in [1.54, 1.807) is 72.8 Å². The summed E-state index contributed by atoms with van der Waals surface area (Å²) >= 11 is 1.44. The fourth-order valence-corrected chi connectivity index (χ4v) is 7.48. The van der Waals surface area contributed by atoms with Gasteiger partial charge in [-0.1, -0.05) is 66.4 Å². The van der Waals surface area contributed by atoms with Crippen LogP contribution in [0.5, 0.6) is 28.7 Å². The maximum atomic E-state index is 13.8. The number of nitrogens with zero attached hydrogens (tertiary/aromatic N) is 2. The van der Waals surface area contributed by atoms with Gasteiger partial charge in [-0.2, -0.15) is 5.10 Å². The van der Waals surface area contributed by atoms with Crippen LogP contribution in [0.15, 0.2) is 145 Å². The van der Waals surface area contributed by atoms with Crippen LogP contribution < -0.4 is 29.1 Å². The molecule has 1 fully saturated rings. The number of anilines is 1. The van der Waals surface area contributed by atoms with E-state index in [0.29, 0.717) is 77.1 Å². The van der Waals surface area contributed by atoms with Gasteiger partial charge in [0.15, 0.2) is 0 Å². The number of benzene rings is 6. The van der Waals surface area contributed by atoms with E-state index in [0.717, 1.165) is 53.3 Å². The fourth-order valence-electron chi connectivity index (χ4n) is 6.66. The Morgan fingerprint density at radius 3 is 2.08 bits per heavy atom. The quantitative estimate of drug-likeness (QED) is 0.0131. The standard InChI is InChI=1S/C52H47N3O10S/c1-3-47(56)60-29-11-5-4-10-28-59-39-24-18-37(19-25-39)50(58)65-48-38(31-53-55-51-54-44-14-8-9-15-46(44)66-51)30-45(42-12-6-7-13-43(42)48)64-49(57)36-20-26-40(27-21-36)61-32-35-16-22-41(23-17-35)62-33-52(2)34-63-52/h3,6-9,12-27,30-31H,1,4-5,10-11,28-29,32-34H2,2H3,(H,54,55)/b53-31+. The Hall–Kier alpha value is -7.55. The zero-order valence-electron chi connectivity index (χ0n) is 36.2. The molecule has 0 amide bonds. The van der Waals surface area contributed by atoms with E-state index in [-0.39, 0.29) is 17.1 Å². The van der Waals surface area contributed by atoms with Crippen molar-refractivity contribution in [3.8, 4) is 28.7 Å². The zero-order chi connectivity index (χ0) is 45.7. The SMILES string of the molecule is C=CC(=O)OCCCCCCOc1ccc(C(=O)Oc2c(/C=N/Nc3nc4ccccc4s3)cc(OC(=O)c3ccc(OCc4ccc(OCC5(C)CO5)cc4)cc3)c3ccccc23)cc1. The number of carbonyl (C=O) groups excluding carboxylic acids is 3. The number of nitrogens with one attached hydrogen (secondary N) is 1. The van der Waals surface area contributed by atoms with E-state index in [1.165, 1.54) is 17.6 Å². The molecule has 6 aromatic carbocycles. The molecule has 336 valence electrons. The number of rotatable bonds is 22. The van der Waals surface area contributed by atoms with Gasteiger partial charge in [-0.3, -0.25) is 5.43 Å². The second-order valence-electron chi connectivity index (χ2n) is 15.6. The summed E-state index contributed by atoms with van der Waals surface area (Å²) in [5, 5.41) is 6.09. The molecule has 1 aromatic heterocycles. The number of hydrogen-bond donors (Lipinski definition) is 1. The maximum Gasteiger partial charge on any atom is 0.343 e. The van der Waals surface area contributed by atoms with Crippen molar-refractivity contribution in [1.29, 1.82) is 0 Å². The van der Waals surface area contributed by atoms with Gasteiger partial charge in [-0.25, -0.2) is 19.4 Å². The van der Waals surface area contributed by atoms with Crippen molar-refractivity contribution in [2.24, 2.45) is 5.10 Å². The Bertz CT molecular complexity index is 2810. The van der Waals surface area contributed by atoms with Crippen LogP contribution in [-0.2, 0) is 20.9 Å². The van der Waals surface area contributed by atoms with E-state index in [4.69, 9.17) is 33.2 Å². The van der Waals surface area contributed by atoms with Gasteiger partial charge in [0.05, 0.1) is 47.4 Å². The molecule has 0 bridgehead atoms. The Kier molecular flexibility index (Phi) is 14.6. The lowest BCUT2D eigenvalue weighted by Crippen LogP contribution is -2.16. The maximum absolute atomic E-state index is 13.8. The van der Waals surface area contributed by atoms with E-state index >= 15 is 0 Å². The normalized spacial score (nSPS) is 14.1. The number of unbranched alkanes of at least 4 members (excludes halogenated alkanes) is 3. The molecule has 14 heteroatoms. The Balaban J connectivity index is 0.942. The third-order valence-corrected chi connectivity index (χ3v) is 11.4. The largest absolute Gasteiger partial charge is 0.494 e. The van der Waals surface area contributed by atoms with Crippen molar-refractivity contribution in [3.63, 3.8) is 0 Å². The summed E-state index contributed by atoms with van der Waals surface area (Å²) in [6.45, 7) is 7.81. The minimum absolute atomic E-state index is 0.188. The highest BCUT2D eigenvalue weighted by atomic mass is 32.1. The second-order valence-corrected chi connectivity index (χ2v) is 16.6. The van der Waals surface area contributed by atoms with Gasteiger partial charge in [0.2, 0.25) is 5.13 Å². The lowest BCUT2D eigenvalue weighted by atomic mass is 10.0. The highest BCUT2D eigenvalue weighted by Crippen LogP contribution is 2.38. The molecule has 0 spiro atoms. The van der Waals surface area contributed by atoms with Gasteiger partial charge < -0.3 is 33.2 Å². The predicted molar refractivity (Wildman–Crippen MR) is 253 cm³/mol. The van der Waals surface area contributed by atoms with Crippen molar-refractivity contribution in [2.75, 3.05) is 31.9 Å². The molecule has 1 aliphatic heterocycles. The number of epoxide rings is 1. The number of carbonyl (C=O) groups is 3. The monoisotopic (exact) mass is 905 g/mol. The van der Waals surface area contributed by atoms with Crippen LogP contribution >= 0.6 is 11.3 Å². The summed E-state index contributed by atoms with van der Waals surface area (Å²) in [4.78, 5) is 43.2. The first kappa shape index (κ1) is 45.0. The topological polar surface area (TPSA) is 156 Å². The molecule has 0 saturated carbocycles. The second kappa shape index (κ2) is 21.4. The van der Waals surface area contributed by atoms with Crippen LogP contribution in [-0.4, -0.2) is 61.1 Å². The van der Waals surface area contributed by atoms with Crippen LogP contribution in [0.4, 0.5) is 5.13 Å². The first-order valence-corrected chi connectivity index (χ1v) is 22.3. The average Bonchev–Trinajstić information content (AvgIpc) is 3.94. The first-order chi connectivity index (χ1) is 32.2. The van der Waals surface area contributed by atoms with Gasteiger partial charge in [-0.15, -0.1) is 0 Å². The molecule has 8 rings (SSSR count). The number of para-hydroxylation sites is 1. The van der Waals surface area contributed by atoms with E-state index in [9.17, 15) is 14.4 Å². The molecule has 0 radical (unpaired) electrons. The van der Waals surface area contributed by atoms with Crippen LogP contribution in [0.2, 0.25) is 0 Å². The number of aromatic nitrogens is 1. The fraction of sp³-hybridized carbons (Fsp3) is 0.212. The summed E-state index contributed by atoms with van der Waals surface area (Å²) in [6.07, 6.45) is 6.05. The van der Waals surface area contributed by atoms with Crippen molar-refractivity contribution >= 4 is 61.6 Å². The van der Waals surface area contributed by atoms with E-state index in [2.05, 4.69) is 22.1 Å². The number of esters is 3. The molecule has 66 heavy (non-hydrogen) atoms. The van der Waals surface area contributed by atoms with Gasteiger partial charge >= 0.3 is 17.9 Å². The molecule has 7 aromatic rings. The Morgan fingerprint density at radius 2 is 1.38 bits per heavy atom. The molecule has 0 aliphatic carbocycles. The summed E-state index contributed by atoms with van der Waals surface area (Å²) < 4.78 is 41.3. The number of hydrazone groups is 1. The van der Waals surface area contributed by atoms with Gasteiger partial charge in [-0.05, 0) is 117 Å². The Morgan fingerprint density at radius 1 is 0.758 bits per heavy atom. The van der Waals surface area contributed by atoms with Crippen LogP contribution in [0, 0.1) is 0 Å². The number of ether oxygens (including phenoxy) is 7. The summed E-state index contributed by atoms with van der Waals surface area (Å²) in [5.74, 6) is 0.792. The molecule has 13 nitrogen and oxygen atoms in total. The molecule has 2 heterocycles. The third kappa shape index (κ3) is 12.2. The van der Waals surface area contributed by atoms with Crippen molar-refractivity contribution in [3.05, 3.63) is 162 Å². The highest BCUT2D eigenvalue weighted by molar-refractivity contribution is 7.22.